The number of carbonyl (C=O) groups is 2. The van der Waals surface area contributed by atoms with Crippen LogP contribution in [0.2, 0.25) is 0 Å². The lowest BCUT2D eigenvalue weighted by molar-refractivity contribution is -0.143. The van der Waals surface area contributed by atoms with Gasteiger partial charge in [0.15, 0.2) is 0 Å². The predicted octanol–water partition coefficient (Wildman–Crippen LogP) is 21.5. The van der Waals surface area contributed by atoms with E-state index in [9.17, 15) is 19.8 Å². The lowest BCUT2D eigenvalue weighted by Gasteiger charge is -2.20. The number of hydrogen-bond donors (Lipinski definition) is 3. The number of rotatable bonds is 63. The largest absolute Gasteiger partial charge is 0.466 e. The second-order valence-electron chi connectivity index (χ2n) is 23.2. The minimum atomic E-state index is -0.844. The Morgan fingerprint density at radius 3 is 1.01 bits per heavy atom. The third kappa shape index (κ3) is 61.2. The van der Waals surface area contributed by atoms with Crippen LogP contribution in [0.4, 0.5) is 0 Å². The molecule has 0 fully saturated rings. The van der Waals surface area contributed by atoms with Crippen LogP contribution in [0.25, 0.3) is 0 Å². The van der Waals surface area contributed by atoms with Crippen molar-refractivity contribution < 1.29 is 24.5 Å². The lowest BCUT2D eigenvalue weighted by Crippen LogP contribution is -2.45. The van der Waals surface area contributed by atoms with Crippen LogP contribution in [0.3, 0.4) is 0 Å². The molecule has 0 rings (SSSR count). The summed E-state index contributed by atoms with van der Waals surface area (Å²) in [6, 6.07) is -0.628. The zero-order valence-electron chi connectivity index (χ0n) is 50.5. The molecule has 2 atom stereocenters. The predicted molar refractivity (Wildman–Crippen MR) is 329 cm³/mol. The summed E-state index contributed by atoms with van der Waals surface area (Å²) in [6.07, 6.45) is 82.2. The molecule has 0 aliphatic carbocycles. The number of ether oxygens (including phenoxy) is 1. The van der Waals surface area contributed by atoms with Crippen molar-refractivity contribution in [3.05, 3.63) is 36.5 Å². The molecule has 0 aliphatic heterocycles. The number of amides is 1. The number of unbranched alkanes of at least 4 members (excludes halogenated alkanes) is 48. The van der Waals surface area contributed by atoms with Gasteiger partial charge in [-0.05, 0) is 64.2 Å². The molecule has 0 spiro atoms. The first kappa shape index (κ1) is 73.1. The van der Waals surface area contributed by atoms with Crippen molar-refractivity contribution in [2.75, 3.05) is 13.2 Å². The van der Waals surface area contributed by atoms with Crippen LogP contribution in [0.5, 0.6) is 0 Å². The second-order valence-corrected chi connectivity index (χ2v) is 23.2. The highest BCUT2D eigenvalue weighted by atomic mass is 16.5. The van der Waals surface area contributed by atoms with Crippen molar-refractivity contribution in [1.29, 1.82) is 0 Å². The van der Waals surface area contributed by atoms with Crippen molar-refractivity contribution in [2.24, 2.45) is 0 Å². The zero-order valence-corrected chi connectivity index (χ0v) is 50.5. The summed E-state index contributed by atoms with van der Waals surface area (Å²) < 4.78 is 5.50. The van der Waals surface area contributed by atoms with Gasteiger partial charge < -0.3 is 20.3 Å². The van der Waals surface area contributed by atoms with Gasteiger partial charge in [-0.15, -0.1) is 0 Å². The molecule has 0 aromatic heterocycles. The van der Waals surface area contributed by atoms with Gasteiger partial charge in [0.1, 0.15) is 0 Å². The van der Waals surface area contributed by atoms with Gasteiger partial charge in [-0.1, -0.05) is 326 Å². The molecule has 0 aromatic carbocycles. The fraction of sp³-hybridized carbons (Fsp3) is 0.884. The Bertz CT molecular complexity index is 1210. The molecule has 2 unspecified atom stereocenters. The van der Waals surface area contributed by atoms with Gasteiger partial charge >= 0.3 is 5.97 Å². The normalized spacial score (nSPS) is 12.7. The average molecular weight is 1050 g/mol. The molecular weight excluding hydrogens is 923 g/mol. The highest BCUT2D eigenvalue weighted by molar-refractivity contribution is 5.76. The number of aliphatic hydroxyl groups is 2. The van der Waals surface area contributed by atoms with E-state index in [1.807, 2.05) is 6.08 Å². The van der Waals surface area contributed by atoms with E-state index in [4.69, 9.17) is 4.74 Å². The third-order valence-corrected chi connectivity index (χ3v) is 15.7. The number of esters is 1. The molecule has 442 valence electrons. The molecule has 0 heterocycles. The highest BCUT2D eigenvalue weighted by Crippen LogP contribution is 2.18. The van der Waals surface area contributed by atoms with Gasteiger partial charge in [0.25, 0.3) is 0 Å². The monoisotopic (exact) mass is 1050 g/mol. The molecule has 6 nitrogen and oxygen atoms in total. The Morgan fingerprint density at radius 2 is 0.667 bits per heavy atom. The highest BCUT2D eigenvalue weighted by Gasteiger charge is 2.18. The SMILES string of the molecule is CCCCCCCCCCCC/C=C/C(O)C(CO)NC(=O)CCCCCCCCCCCCCCC/C=C\C/C=C\CCCCCCCCCCCOC(=O)CCCCCCCCCCCCCCCCCCC. The summed E-state index contributed by atoms with van der Waals surface area (Å²) in [6.45, 7) is 4.92. The Labute approximate surface area is 468 Å². The van der Waals surface area contributed by atoms with Gasteiger partial charge in [0, 0.05) is 12.8 Å². The summed E-state index contributed by atoms with van der Waals surface area (Å²) in [7, 11) is 0. The fourth-order valence-electron chi connectivity index (χ4n) is 10.5. The van der Waals surface area contributed by atoms with Crippen molar-refractivity contribution in [2.45, 2.75) is 379 Å². The van der Waals surface area contributed by atoms with Crippen molar-refractivity contribution in [3.8, 4) is 0 Å². The van der Waals surface area contributed by atoms with Gasteiger partial charge in [0.2, 0.25) is 5.91 Å². The Kier molecular flexibility index (Phi) is 63.0. The Hall–Kier alpha value is -1.92. The standard InChI is InChI=1S/C69H131NO5/c1-3-5-7-9-11-13-15-17-18-32-36-39-43-47-51-55-59-63-69(74)75-64-60-56-52-48-44-40-37-34-31-29-27-25-23-21-19-20-22-24-26-28-30-33-35-38-42-46-50-54-58-62-68(73)70-66(65-71)67(72)61-57-53-49-45-41-16-14-12-10-8-6-4-2/h19,21,25,27,57,61,66-67,71-72H,3-18,20,22-24,26,28-56,58-60,62-65H2,1-2H3,(H,70,73)/b21-19-,27-25-,61-57+. The van der Waals surface area contributed by atoms with Gasteiger partial charge in [-0.3, -0.25) is 9.59 Å². The minimum Gasteiger partial charge on any atom is -0.466 e. The zero-order chi connectivity index (χ0) is 54.3. The van der Waals surface area contributed by atoms with E-state index >= 15 is 0 Å². The molecule has 0 aliphatic rings. The molecule has 0 bridgehead atoms. The summed E-state index contributed by atoms with van der Waals surface area (Å²) >= 11 is 0. The maximum Gasteiger partial charge on any atom is 0.305 e. The maximum atomic E-state index is 12.4. The molecule has 0 aromatic rings. The number of hydrogen-bond acceptors (Lipinski definition) is 5. The number of allylic oxidation sites excluding steroid dienone is 5. The van der Waals surface area contributed by atoms with E-state index in [0.717, 1.165) is 44.9 Å². The first-order valence-electron chi connectivity index (χ1n) is 33.8. The molecule has 6 heteroatoms. The minimum absolute atomic E-state index is 0.0158. The number of carbonyl (C=O) groups excluding carboxylic acids is 2. The smallest absolute Gasteiger partial charge is 0.305 e. The van der Waals surface area contributed by atoms with E-state index in [2.05, 4.69) is 43.5 Å². The van der Waals surface area contributed by atoms with E-state index in [1.165, 1.54) is 295 Å². The van der Waals surface area contributed by atoms with E-state index in [-0.39, 0.29) is 18.5 Å². The fourth-order valence-corrected chi connectivity index (χ4v) is 10.5. The number of nitrogens with one attached hydrogen (secondary N) is 1. The van der Waals surface area contributed by atoms with E-state index in [1.54, 1.807) is 6.08 Å². The van der Waals surface area contributed by atoms with Crippen LogP contribution in [-0.4, -0.2) is 47.4 Å². The Balaban J connectivity index is 3.39. The van der Waals surface area contributed by atoms with Crippen LogP contribution in [0.15, 0.2) is 36.5 Å². The van der Waals surface area contributed by atoms with E-state index in [0.29, 0.717) is 19.4 Å². The molecule has 1 amide bonds. The second kappa shape index (κ2) is 64.6. The summed E-state index contributed by atoms with van der Waals surface area (Å²) in [5.41, 5.74) is 0. The molecule has 0 radical (unpaired) electrons. The first-order valence-corrected chi connectivity index (χ1v) is 33.8. The average Bonchev–Trinajstić information content (AvgIpc) is 3.41. The van der Waals surface area contributed by atoms with Crippen LogP contribution in [-0.2, 0) is 14.3 Å². The quantitative estimate of drug-likeness (QED) is 0.0320. The van der Waals surface area contributed by atoms with Gasteiger partial charge in [0.05, 0.1) is 25.4 Å². The molecular formula is C69H131NO5. The van der Waals surface area contributed by atoms with Crippen LogP contribution in [0, 0.1) is 0 Å². The van der Waals surface area contributed by atoms with Crippen LogP contribution >= 0.6 is 0 Å². The summed E-state index contributed by atoms with van der Waals surface area (Å²) in [5, 5.41) is 23.1. The van der Waals surface area contributed by atoms with E-state index < -0.39 is 12.1 Å². The third-order valence-electron chi connectivity index (χ3n) is 15.7. The van der Waals surface area contributed by atoms with Crippen molar-refractivity contribution in [3.63, 3.8) is 0 Å². The lowest BCUT2D eigenvalue weighted by atomic mass is 10.0. The van der Waals surface area contributed by atoms with Gasteiger partial charge in [-0.2, -0.15) is 0 Å². The van der Waals surface area contributed by atoms with Crippen LogP contribution in [0.1, 0.15) is 367 Å². The molecule has 75 heavy (non-hydrogen) atoms. The van der Waals surface area contributed by atoms with Gasteiger partial charge in [-0.25, -0.2) is 0 Å². The number of aliphatic hydroxyl groups excluding tert-OH is 2. The molecule has 0 saturated carbocycles. The summed E-state index contributed by atoms with van der Waals surface area (Å²) in [5.74, 6) is -0.0529. The molecule has 0 saturated heterocycles. The first-order chi connectivity index (χ1) is 37.0. The molecule has 3 N–H and O–H groups in total. The topological polar surface area (TPSA) is 95.9 Å². The van der Waals surface area contributed by atoms with Crippen molar-refractivity contribution >= 4 is 11.9 Å². The van der Waals surface area contributed by atoms with Crippen LogP contribution < -0.4 is 5.32 Å². The van der Waals surface area contributed by atoms with Crippen molar-refractivity contribution in [1.82, 2.24) is 5.32 Å². The summed E-state index contributed by atoms with van der Waals surface area (Å²) in [4.78, 5) is 24.5. The maximum absolute atomic E-state index is 12.4. The Morgan fingerprint density at radius 1 is 0.373 bits per heavy atom.